The number of hydrogen-bond acceptors (Lipinski definition) is 3. The molecular formula is C18H14Br2O3S. The molecule has 0 amide bonds. The van der Waals surface area contributed by atoms with E-state index in [4.69, 9.17) is 0 Å². The predicted octanol–water partition coefficient (Wildman–Crippen LogP) is 4.88. The van der Waals surface area contributed by atoms with E-state index >= 15 is 0 Å². The molecule has 24 heavy (non-hydrogen) atoms. The smallest absolute Gasteiger partial charge is 0.179 e. The highest BCUT2D eigenvalue weighted by Crippen LogP contribution is 2.13. The van der Waals surface area contributed by atoms with Crippen LogP contribution in [0, 0.1) is 0 Å². The van der Waals surface area contributed by atoms with E-state index in [2.05, 4.69) is 31.9 Å². The van der Waals surface area contributed by atoms with E-state index in [0.29, 0.717) is 0 Å². The van der Waals surface area contributed by atoms with Crippen LogP contribution in [0.5, 0.6) is 0 Å². The van der Waals surface area contributed by atoms with Gasteiger partial charge in [-0.3, -0.25) is 4.79 Å². The van der Waals surface area contributed by atoms with Crippen molar-refractivity contribution in [2.24, 2.45) is 0 Å². The second-order valence-electron chi connectivity index (χ2n) is 5.01. The van der Waals surface area contributed by atoms with Crippen LogP contribution in [0.4, 0.5) is 0 Å². The maximum absolute atomic E-state index is 12.0. The summed E-state index contributed by atoms with van der Waals surface area (Å²) in [5.74, 6) is -1.01. The molecule has 0 saturated carbocycles. The molecule has 0 aliphatic rings. The van der Waals surface area contributed by atoms with Crippen LogP contribution in [0.25, 0.3) is 12.2 Å². The molecule has 2 rings (SSSR count). The SMILES string of the molecule is O=C(/C=C\c1ccc(Br)cc1)CS(=O)(=O)/C=C\c1ccc(Br)cc1. The molecule has 3 nitrogen and oxygen atoms in total. The molecule has 2 aromatic rings. The Labute approximate surface area is 158 Å². The average molecular weight is 470 g/mol. The lowest BCUT2D eigenvalue weighted by atomic mass is 10.2. The summed E-state index contributed by atoms with van der Waals surface area (Å²) >= 11 is 6.64. The van der Waals surface area contributed by atoms with Crippen molar-refractivity contribution in [1.82, 2.24) is 0 Å². The van der Waals surface area contributed by atoms with E-state index in [0.717, 1.165) is 25.5 Å². The summed E-state index contributed by atoms with van der Waals surface area (Å²) in [7, 11) is -3.60. The lowest BCUT2D eigenvalue weighted by Crippen LogP contribution is -2.11. The molecule has 0 aromatic heterocycles. The summed E-state index contributed by atoms with van der Waals surface area (Å²) in [6.07, 6.45) is 4.37. The van der Waals surface area contributed by atoms with Gasteiger partial charge in [0.05, 0.1) is 0 Å². The molecule has 0 spiro atoms. The van der Waals surface area contributed by atoms with Gasteiger partial charge in [-0.1, -0.05) is 62.2 Å². The van der Waals surface area contributed by atoms with Crippen molar-refractivity contribution in [3.05, 3.63) is 80.1 Å². The first kappa shape index (κ1) is 18.8. The number of rotatable bonds is 6. The van der Waals surface area contributed by atoms with Gasteiger partial charge in [0.25, 0.3) is 0 Å². The van der Waals surface area contributed by atoms with Gasteiger partial charge in [0.2, 0.25) is 0 Å². The summed E-state index contributed by atoms with van der Waals surface area (Å²) < 4.78 is 25.8. The van der Waals surface area contributed by atoms with Crippen LogP contribution >= 0.6 is 31.9 Å². The first-order valence-electron chi connectivity index (χ1n) is 6.97. The van der Waals surface area contributed by atoms with Crippen LogP contribution in [-0.2, 0) is 14.6 Å². The van der Waals surface area contributed by atoms with E-state index in [1.165, 1.54) is 12.2 Å². The van der Waals surface area contributed by atoms with Crippen molar-refractivity contribution in [3.8, 4) is 0 Å². The topological polar surface area (TPSA) is 51.2 Å². The van der Waals surface area contributed by atoms with Gasteiger partial charge in [-0.2, -0.15) is 0 Å². The van der Waals surface area contributed by atoms with Crippen molar-refractivity contribution < 1.29 is 13.2 Å². The van der Waals surface area contributed by atoms with Crippen LogP contribution in [0.3, 0.4) is 0 Å². The summed E-state index contributed by atoms with van der Waals surface area (Å²) in [5.41, 5.74) is 1.58. The monoisotopic (exact) mass is 468 g/mol. The third-order valence-corrected chi connectivity index (χ3v) is 5.31. The minimum absolute atomic E-state index is 0.460. The Bertz CT molecular complexity index is 865. The fourth-order valence-electron chi connectivity index (χ4n) is 1.81. The van der Waals surface area contributed by atoms with Crippen LogP contribution in [-0.4, -0.2) is 20.0 Å². The number of benzene rings is 2. The first-order chi connectivity index (χ1) is 11.3. The Balaban J connectivity index is 1.98. The standard InChI is InChI=1S/C18H14Br2O3S/c19-16-6-1-14(2-7-16)5-10-18(21)13-24(22,23)12-11-15-3-8-17(20)9-4-15/h1-12H,13H2/b10-5-,12-11-. The zero-order chi connectivity index (χ0) is 17.6. The summed E-state index contributed by atoms with van der Waals surface area (Å²) in [5, 5.41) is 1.07. The van der Waals surface area contributed by atoms with Gasteiger partial charge in [-0.15, -0.1) is 0 Å². The third-order valence-electron chi connectivity index (χ3n) is 3.01. The average Bonchev–Trinajstić information content (AvgIpc) is 2.53. The normalized spacial score (nSPS) is 12.1. The van der Waals surface area contributed by atoms with Crippen LogP contribution in [0.15, 0.2) is 69.0 Å². The van der Waals surface area contributed by atoms with E-state index in [9.17, 15) is 13.2 Å². The molecule has 0 N–H and O–H groups in total. The zero-order valence-corrected chi connectivity index (χ0v) is 16.5. The highest BCUT2D eigenvalue weighted by molar-refractivity contribution is 9.10. The number of sulfone groups is 1. The number of hydrogen-bond donors (Lipinski definition) is 0. The van der Waals surface area contributed by atoms with E-state index < -0.39 is 21.4 Å². The maximum Gasteiger partial charge on any atom is 0.179 e. The molecular weight excluding hydrogens is 456 g/mol. The van der Waals surface area contributed by atoms with Gasteiger partial charge in [0.1, 0.15) is 5.75 Å². The van der Waals surface area contributed by atoms with Crippen molar-refractivity contribution in [1.29, 1.82) is 0 Å². The molecule has 6 heteroatoms. The van der Waals surface area contributed by atoms with Gasteiger partial charge in [-0.25, -0.2) is 8.42 Å². The largest absolute Gasteiger partial charge is 0.294 e. The number of halogens is 2. The fraction of sp³-hybridized carbons (Fsp3) is 0.0556. The highest BCUT2D eigenvalue weighted by atomic mass is 79.9. The number of carbonyl (C=O) groups excluding carboxylic acids is 1. The maximum atomic E-state index is 12.0. The molecule has 0 heterocycles. The van der Waals surface area contributed by atoms with Gasteiger partial charge in [0.15, 0.2) is 15.6 Å². The van der Waals surface area contributed by atoms with Crippen molar-refractivity contribution >= 4 is 59.6 Å². The highest BCUT2D eigenvalue weighted by Gasteiger charge is 2.11. The number of ketones is 1. The molecule has 0 unspecified atom stereocenters. The Hall–Kier alpha value is -1.50. The van der Waals surface area contributed by atoms with Gasteiger partial charge in [0, 0.05) is 14.4 Å². The minimum atomic E-state index is -3.60. The second kappa shape index (κ2) is 8.55. The quantitative estimate of drug-likeness (QED) is 0.566. The van der Waals surface area contributed by atoms with Gasteiger partial charge in [-0.05, 0) is 47.5 Å². The molecule has 0 saturated heterocycles. The summed E-state index contributed by atoms with van der Waals surface area (Å²) in [6.45, 7) is 0. The minimum Gasteiger partial charge on any atom is -0.294 e. The zero-order valence-electron chi connectivity index (χ0n) is 12.5. The van der Waals surface area contributed by atoms with Crippen LogP contribution in [0.2, 0.25) is 0 Å². The Morgan fingerprint density at radius 2 is 1.29 bits per heavy atom. The molecule has 2 aromatic carbocycles. The number of carbonyl (C=O) groups is 1. The third kappa shape index (κ3) is 6.55. The Morgan fingerprint density at radius 1 is 0.833 bits per heavy atom. The summed E-state index contributed by atoms with van der Waals surface area (Å²) in [4.78, 5) is 11.8. The second-order valence-corrected chi connectivity index (χ2v) is 8.73. The predicted molar refractivity (Wildman–Crippen MR) is 105 cm³/mol. The van der Waals surface area contributed by atoms with Crippen molar-refractivity contribution in [2.75, 3.05) is 5.75 Å². The molecule has 0 fully saturated rings. The number of allylic oxidation sites excluding steroid dienone is 1. The van der Waals surface area contributed by atoms with E-state index in [1.807, 2.05) is 36.4 Å². The lowest BCUT2D eigenvalue weighted by molar-refractivity contribution is -0.112. The molecule has 0 atom stereocenters. The van der Waals surface area contributed by atoms with Crippen molar-refractivity contribution in [3.63, 3.8) is 0 Å². The van der Waals surface area contributed by atoms with E-state index in [-0.39, 0.29) is 0 Å². The molecule has 0 bridgehead atoms. The van der Waals surface area contributed by atoms with Gasteiger partial charge < -0.3 is 0 Å². The lowest BCUT2D eigenvalue weighted by Gasteiger charge is -1.97. The van der Waals surface area contributed by atoms with Crippen molar-refractivity contribution in [2.45, 2.75) is 0 Å². The Kier molecular flexibility index (Phi) is 6.71. The van der Waals surface area contributed by atoms with Gasteiger partial charge >= 0.3 is 0 Å². The fourth-order valence-corrected chi connectivity index (χ4v) is 3.30. The van der Waals surface area contributed by atoms with Crippen LogP contribution in [0.1, 0.15) is 11.1 Å². The van der Waals surface area contributed by atoms with E-state index in [1.54, 1.807) is 18.2 Å². The Morgan fingerprint density at radius 3 is 1.79 bits per heavy atom. The molecule has 0 radical (unpaired) electrons. The molecule has 0 aliphatic carbocycles. The molecule has 0 aliphatic heterocycles. The molecule has 124 valence electrons. The first-order valence-corrected chi connectivity index (χ1v) is 10.3. The van der Waals surface area contributed by atoms with Crippen LogP contribution < -0.4 is 0 Å². The summed E-state index contributed by atoms with van der Waals surface area (Å²) in [6, 6.07) is 14.6.